The summed E-state index contributed by atoms with van der Waals surface area (Å²) in [5, 5.41) is 21.3. The number of hydrogen-bond acceptors (Lipinski definition) is 6. The van der Waals surface area contributed by atoms with Crippen molar-refractivity contribution < 1.29 is 33.7 Å². The van der Waals surface area contributed by atoms with Crippen LogP contribution >= 0.6 is 0 Å². The lowest BCUT2D eigenvalue weighted by molar-refractivity contribution is -0.228. The van der Waals surface area contributed by atoms with Crippen LogP contribution in [0.25, 0.3) is 0 Å². The summed E-state index contributed by atoms with van der Waals surface area (Å²) in [5.41, 5.74) is -2.19. The Kier molecular flexibility index (Phi) is 4.52. The lowest BCUT2D eigenvalue weighted by Gasteiger charge is -2.61. The fourth-order valence-electron chi connectivity index (χ4n) is 8.41. The third kappa shape index (κ3) is 2.58. The zero-order valence-electron chi connectivity index (χ0n) is 18.7. The van der Waals surface area contributed by atoms with Gasteiger partial charge in [0.25, 0.3) is 0 Å². The molecule has 1 heterocycles. The molecule has 5 aliphatic rings. The van der Waals surface area contributed by atoms with Gasteiger partial charge in [-0.2, -0.15) is 0 Å². The second-order valence-electron chi connectivity index (χ2n) is 11.3. The normalized spacial score (nSPS) is 52.6. The van der Waals surface area contributed by atoms with Gasteiger partial charge < -0.3 is 19.7 Å². The molecule has 7 heteroatoms. The van der Waals surface area contributed by atoms with Crippen molar-refractivity contribution in [3.05, 3.63) is 11.6 Å². The molecule has 0 radical (unpaired) electrons. The molecular weight excluding hydrogens is 403 g/mol. The smallest absolute Gasteiger partial charge is 0.193 e. The highest BCUT2D eigenvalue weighted by atomic mass is 19.1. The van der Waals surface area contributed by atoms with Gasteiger partial charge >= 0.3 is 0 Å². The van der Waals surface area contributed by atoms with Gasteiger partial charge in [-0.15, -0.1) is 0 Å². The molecule has 172 valence electrons. The van der Waals surface area contributed by atoms with Gasteiger partial charge in [0, 0.05) is 11.8 Å². The number of fused-ring (bicyclic) bond motifs is 7. The van der Waals surface area contributed by atoms with Crippen LogP contribution in [-0.4, -0.2) is 58.2 Å². The topological polar surface area (TPSA) is 93.1 Å². The Morgan fingerprint density at radius 1 is 1.26 bits per heavy atom. The van der Waals surface area contributed by atoms with Crippen LogP contribution in [0.4, 0.5) is 4.39 Å². The molecule has 0 aromatic heterocycles. The van der Waals surface area contributed by atoms with E-state index >= 15 is 4.39 Å². The lowest BCUT2D eigenvalue weighted by Crippen LogP contribution is -2.64. The number of rotatable bonds is 2. The van der Waals surface area contributed by atoms with Crippen LogP contribution in [0.15, 0.2) is 11.6 Å². The van der Waals surface area contributed by atoms with Crippen molar-refractivity contribution in [3.8, 4) is 0 Å². The summed E-state index contributed by atoms with van der Waals surface area (Å²) < 4.78 is 27.9. The maximum atomic E-state index is 15.5. The molecule has 0 unspecified atom stereocenters. The first-order valence-electron chi connectivity index (χ1n) is 11.5. The molecule has 3 saturated carbocycles. The third-order valence-electron chi connectivity index (χ3n) is 9.42. The van der Waals surface area contributed by atoms with Crippen LogP contribution < -0.4 is 0 Å². The molecule has 6 nitrogen and oxygen atoms in total. The standard InChI is InChI=1S/C24H33FO6/c1-21(2)30-19-9-14-13-8-16(25)15-7-12(27)5-6-22(15,3)20(13)17(28)10-23(14,4)24(19,31-21)18(29)11-26/h7,13-14,16-17,19-20,26,28H,5-6,8-11H2,1-4H3/t13-,14-,16+,17+,19-,20-,22+,23+,24-/m1/s1. The summed E-state index contributed by atoms with van der Waals surface area (Å²) in [5.74, 6) is -1.90. The average Bonchev–Trinajstić information content (AvgIpc) is 3.08. The number of ketones is 2. The van der Waals surface area contributed by atoms with Crippen molar-refractivity contribution in [2.24, 2.45) is 28.6 Å². The molecule has 4 aliphatic carbocycles. The first-order valence-corrected chi connectivity index (χ1v) is 11.5. The first kappa shape index (κ1) is 21.7. The quantitative estimate of drug-likeness (QED) is 0.691. The Balaban J connectivity index is 1.61. The number of aliphatic hydroxyl groups excluding tert-OH is 2. The van der Waals surface area contributed by atoms with E-state index in [4.69, 9.17) is 9.47 Å². The summed E-state index contributed by atoms with van der Waals surface area (Å²) >= 11 is 0. The number of Topliss-reactive ketones (excluding diaryl/α,β-unsaturated/α-hetero) is 1. The molecule has 1 saturated heterocycles. The van der Waals surface area contributed by atoms with Gasteiger partial charge in [0.2, 0.25) is 0 Å². The highest BCUT2D eigenvalue weighted by Crippen LogP contribution is 2.70. The first-order chi connectivity index (χ1) is 14.4. The fourth-order valence-corrected chi connectivity index (χ4v) is 8.41. The number of carbonyl (C=O) groups is 2. The fraction of sp³-hybridized carbons (Fsp3) is 0.833. The molecular formula is C24H33FO6. The highest BCUT2D eigenvalue weighted by Gasteiger charge is 2.77. The van der Waals surface area contributed by atoms with Crippen LogP contribution in [0.5, 0.6) is 0 Å². The Morgan fingerprint density at radius 2 is 1.97 bits per heavy atom. The summed E-state index contributed by atoms with van der Waals surface area (Å²) in [6.45, 7) is 6.78. The lowest BCUT2D eigenvalue weighted by atomic mass is 9.45. The number of ether oxygens (including phenoxy) is 2. The molecule has 2 N–H and O–H groups in total. The van der Waals surface area contributed by atoms with Gasteiger partial charge in [-0.1, -0.05) is 13.8 Å². The minimum atomic E-state index is -1.35. The Hall–Kier alpha value is -1.15. The molecule has 0 aromatic rings. The van der Waals surface area contributed by atoms with Crippen LogP contribution in [0.2, 0.25) is 0 Å². The molecule has 0 amide bonds. The van der Waals surface area contributed by atoms with E-state index in [-0.39, 0.29) is 30.0 Å². The molecule has 31 heavy (non-hydrogen) atoms. The predicted octanol–water partition coefficient (Wildman–Crippen LogP) is 2.50. The average molecular weight is 437 g/mol. The Bertz CT molecular complexity index is 868. The van der Waals surface area contributed by atoms with Gasteiger partial charge in [0.15, 0.2) is 23.0 Å². The zero-order valence-corrected chi connectivity index (χ0v) is 18.7. The van der Waals surface area contributed by atoms with Crippen LogP contribution in [0, 0.1) is 28.6 Å². The molecule has 9 atom stereocenters. The van der Waals surface area contributed by atoms with E-state index < -0.39 is 53.0 Å². The maximum Gasteiger partial charge on any atom is 0.193 e. The van der Waals surface area contributed by atoms with Crippen molar-refractivity contribution in [2.75, 3.05) is 6.61 Å². The summed E-state index contributed by atoms with van der Waals surface area (Å²) in [6, 6.07) is 0. The molecule has 4 fully saturated rings. The number of hydrogen-bond donors (Lipinski definition) is 2. The zero-order chi connectivity index (χ0) is 22.6. The summed E-state index contributed by atoms with van der Waals surface area (Å²) in [4.78, 5) is 25.2. The Morgan fingerprint density at radius 3 is 2.65 bits per heavy atom. The summed E-state index contributed by atoms with van der Waals surface area (Å²) in [7, 11) is 0. The highest BCUT2D eigenvalue weighted by molar-refractivity contribution is 5.92. The molecule has 0 spiro atoms. The monoisotopic (exact) mass is 436 g/mol. The van der Waals surface area contributed by atoms with Gasteiger partial charge in [-0.25, -0.2) is 4.39 Å². The van der Waals surface area contributed by atoms with Gasteiger partial charge in [0.1, 0.15) is 12.8 Å². The largest absolute Gasteiger partial charge is 0.393 e. The molecule has 0 bridgehead atoms. The summed E-state index contributed by atoms with van der Waals surface area (Å²) in [6.07, 6.45) is 0.872. The van der Waals surface area contributed by atoms with Gasteiger partial charge in [-0.05, 0) is 74.3 Å². The van der Waals surface area contributed by atoms with Crippen molar-refractivity contribution in [1.82, 2.24) is 0 Å². The third-order valence-corrected chi connectivity index (χ3v) is 9.42. The predicted molar refractivity (Wildman–Crippen MR) is 109 cm³/mol. The molecule has 5 rings (SSSR count). The molecule has 1 aliphatic heterocycles. The number of allylic oxidation sites excluding steroid dienone is 1. The number of alkyl halides is 1. The van der Waals surface area contributed by atoms with Gasteiger partial charge in [-0.3, -0.25) is 9.59 Å². The van der Waals surface area contributed by atoms with E-state index in [9.17, 15) is 19.8 Å². The second kappa shape index (κ2) is 6.46. The van der Waals surface area contributed by atoms with Crippen molar-refractivity contribution in [1.29, 1.82) is 0 Å². The van der Waals surface area contributed by atoms with Crippen LogP contribution in [-0.2, 0) is 19.1 Å². The van der Waals surface area contributed by atoms with E-state index in [1.54, 1.807) is 13.8 Å². The van der Waals surface area contributed by atoms with Gasteiger partial charge in [0.05, 0.1) is 12.2 Å². The van der Waals surface area contributed by atoms with Crippen molar-refractivity contribution >= 4 is 11.6 Å². The number of aliphatic hydroxyl groups is 2. The minimum absolute atomic E-state index is 0.0457. The SMILES string of the molecule is CC1(C)O[C@@H]2C[C@@H]3[C@H]4C[C@H](F)C5=CC(=O)CC[C@]5(C)[C@H]4[C@@H](O)C[C@]3(C)[C@]2(C(=O)CO)O1. The maximum absolute atomic E-state index is 15.5. The van der Waals surface area contributed by atoms with Crippen molar-refractivity contribution in [3.63, 3.8) is 0 Å². The molecule has 0 aromatic carbocycles. The van der Waals surface area contributed by atoms with Crippen molar-refractivity contribution in [2.45, 2.75) is 89.6 Å². The van der Waals surface area contributed by atoms with E-state index in [1.165, 1.54) is 6.08 Å². The van der Waals surface area contributed by atoms with E-state index in [0.29, 0.717) is 31.3 Å². The van der Waals surface area contributed by atoms with Crippen LogP contribution in [0.1, 0.15) is 59.8 Å². The minimum Gasteiger partial charge on any atom is -0.393 e. The van der Waals surface area contributed by atoms with E-state index in [0.717, 1.165) is 0 Å². The van der Waals surface area contributed by atoms with E-state index in [2.05, 4.69) is 0 Å². The second-order valence-corrected chi connectivity index (χ2v) is 11.3. The number of halogens is 1. The van der Waals surface area contributed by atoms with Crippen LogP contribution in [0.3, 0.4) is 0 Å². The number of carbonyl (C=O) groups excluding carboxylic acids is 2. The Labute approximate surface area is 182 Å². The van der Waals surface area contributed by atoms with E-state index in [1.807, 2.05) is 13.8 Å².